The Labute approximate surface area is 121 Å². The molecular weight excluding hydrogens is 312 g/mol. The van der Waals surface area contributed by atoms with Gasteiger partial charge < -0.3 is 0 Å². The lowest BCUT2D eigenvalue weighted by molar-refractivity contribution is -0.118. The Kier molecular flexibility index (Phi) is 4.90. The number of thioether (sulfide) groups is 1. The zero-order valence-electron chi connectivity index (χ0n) is 10.9. The number of rotatable bonds is 5. The maximum atomic E-state index is 12.2. The zero-order chi connectivity index (χ0) is 13.1. The van der Waals surface area contributed by atoms with Gasteiger partial charge in [0.1, 0.15) is 0 Å². The number of nitrogens with zero attached hydrogens (tertiary/aromatic N) is 2. The van der Waals surface area contributed by atoms with Crippen LogP contribution >= 0.6 is 27.7 Å². The van der Waals surface area contributed by atoms with Crippen LogP contribution in [-0.2, 0) is 24.2 Å². The van der Waals surface area contributed by atoms with Gasteiger partial charge in [-0.15, -0.1) is 0 Å². The molecule has 100 valence electrons. The smallest absolute Gasteiger partial charge is 0.151 e. The van der Waals surface area contributed by atoms with Crippen molar-refractivity contribution in [3.05, 3.63) is 15.9 Å². The number of carbonyl (C=O) groups excluding carboxylic acids is 1. The van der Waals surface area contributed by atoms with Crippen LogP contribution in [0.3, 0.4) is 0 Å². The molecule has 2 rings (SSSR count). The maximum Gasteiger partial charge on any atom is 0.151 e. The molecule has 0 spiro atoms. The van der Waals surface area contributed by atoms with Crippen LogP contribution in [0.2, 0.25) is 0 Å². The maximum absolute atomic E-state index is 12.2. The molecule has 1 atom stereocenters. The summed E-state index contributed by atoms with van der Waals surface area (Å²) in [5.74, 6) is 1.49. The number of aryl methyl sites for hydroxylation is 2. The highest BCUT2D eigenvalue weighted by atomic mass is 79.9. The van der Waals surface area contributed by atoms with E-state index < -0.39 is 0 Å². The van der Waals surface area contributed by atoms with Gasteiger partial charge >= 0.3 is 0 Å². The van der Waals surface area contributed by atoms with Crippen LogP contribution in [0.5, 0.6) is 0 Å². The molecule has 0 N–H and O–H groups in total. The molecule has 1 aromatic heterocycles. The monoisotopic (exact) mass is 330 g/mol. The third-order valence-electron chi connectivity index (χ3n) is 3.32. The lowest BCUT2D eigenvalue weighted by Crippen LogP contribution is -2.18. The van der Waals surface area contributed by atoms with E-state index >= 15 is 0 Å². The largest absolute Gasteiger partial charge is 0.298 e. The molecule has 2 heterocycles. The summed E-state index contributed by atoms with van der Waals surface area (Å²) < 4.78 is 2.99. The minimum Gasteiger partial charge on any atom is -0.298 e. The minimum atomic E-state index is 0.210. The van der Waals surface area contributed by atoms with Gasteiger partial charge in [0.25, 0.3) is 0 Å². The highest BCUT2D eigenvalue weighted by Crippen LogP contribution is 2.29. The van der Waals surface area contributed by atoms with Crippen molar-refractivity contribution in [3.8, 4) is 0 Å². The molecule has 1 saturated heterocycles. The lowest BCUT2D eigenvalue weighted by atomic mass is 10.1. The normalized spacial score (nSPS) is 19.4. The molecule has 0 radical (unpaired) electrons. The van der Waals surface area contributed by atoms with Gasteiger partial charge in [-0.25, -0.2) is 0 Å². The molecule has 1 aliphatic heterocycles. The molecule has 1 unspecified atom stereocenters. The van der Waals surface area contributed by atoms with Gasteiger partial charge in [-0.05, 0) is 47.9 Å². The second-order valence-corrected chi connectivity index (χ2v) is 6.63. The Hall–Kier alpha value is -0.290. The van der Waals surface area contributed by atoms with Crippen LogP contribution in [0.1, 0.15) is 38.1 Å². The molecule has 0 aromatic carbocycles. The van der Waals surface area contributed by atoms with E-state index in [1.54, 1.807) is 0 Å². The summed E-state index contributed by atoms with van der Waals surface area (Å²) in [6, 6.07) is 0. The summed E-state index contributed by atoms with van der Waals surface area (Å²) in [6.07, 6.45) is 3.63. The van der Waals surface area contributed by atoms with Gasteiger partial charge in [0, 0.05) is 6.54 Å². The Morgan fingerprint density at radius 3 is 2.89 bits per heavy atom. The van der Waals surface area contributed by atoms with Gasteiger partial charge in [-0.2, -0.15) is 16.9 Å². The fraction of sp³-hybridized carbons (Fsp3) is 0.692. The van der Waals surface area contributed by atoms with Gasteiger partial charge in [0.15, 0.2) is 5.78 Å². The summed E-state index contributed by atoms with van der Waals surface area (Å²) in [5, 5.41) is 4.75. The van der Waals surface area contributed by atoms with Gasteiger partial charge in [-0.3, -0.25) is 9.48 Å². The quantitative estimate of drug-likeness (QED) is 0.831. The Morgan fingerprint density at radius 2 is 2.33 bits per heavy atom. The van der Waals surface area contributed by atoms with Crippen molar-refractivity contribution >= 4 is 33.5 Å². The SMILES string of the molecule is CCc1nn(CC)c(CC(=O)C2CCCS2)c1Br. The lowest BCUT2D eigenvalue weighted by Gasteiger charge is -2.09. The van der Waals surface area contributed by atoms with E-state index in [-0.39, 0.29) is 5.25 Å². The van der Waals surface area contributed by atoms with Crippen molar-refractivity contribution in [1.29, 1.82) is 0 Å². The Balaban J connectivity index is 2.16. The standard InChI is InChI=1S/C13H19BrN2OS/c1-3-9-13(14)10(16(4-2)15-9)8-11(17)12-6-5-7-18-12/h12H,3-8H2,1-2H3. The van der Waals surface area contributed by atoms with Gasteiger partial charge in [0.05, 0.1) is 27.5 Å². The Bertz CT molecular complexity index is 438. The molecule has 5 heteroatoms. The molecule has 0 amide bonds. The van der Waals surface area contributed by atoms with E-state index in [0.717, 1.165) is 41.0 Å². The fourth-order valence-corrected chi connectivity index (χ4v) is 4.22. The first-order valence-corrected chi connectivity index (χ1v) is 8.39. The Morgan fingerprint density at radius 1 is 1.56 bits per heavy atom. The van der Waals surface area contributed by atoms with E-state index in [9.17, 15) is 4.79 Å². The first-order chi connectivity index (χ1) is 8.67. The number of hydrogen-bond donors (Lipinski definition) is 0. The number of ketones is 1. The third-order valence-corrected chi connectivity index (χ3v) is 5.67. The second-order valence-electron chi connectivity index (χ2n) is 4.52. The summed E-state index contributed by atoms with van der Waals surface area (Å²) in [4.78, 5) is 12.2. The molecule has 1 fully saturated rings. The van der Waals surface area contributed by atoms with E-state index in [1.165, 1.54) is 6.42 Å². The van der Waals surface area contributed by atoms with Crippen LogP contribution in [0, 0.1) is 0 Å². The zero-order valence-corrected chi connectivity index (χ0v) is 13.3. The number of halogens is 1. The van der Waals surface area contributed by atoms with Crippen molar-refractivity contribution in [3.63, 3.8) is 0 Å². The number of aromatic nitrogens is 2. The summed E-state index contributed by atoms with van der Waals surface area (Å²) in [6.45, 7) is 4.97. The number of hydrogen-bond acceptors (Lipinski definition) is 3. The van der Waals surface area contributed by atoms with E-state index in [0.29, 0.717) is 12.2 Å². The van der Waals surface area contributed by atoms with Crippen LogP contribution in [0.15, 0.2) is 4.47 Å². The molecule has 0 aliphatic carbocycles. The van der Waals surface area contributed by atoms with Crippen LogP contribution in [0.4, 0.5) is 0 Å². The van der Waals surface area contributed by atoms with E-state index in [4.69, 9.17) is 0 Å². The van der Waals surface area contributed by atoms with E-state index in [1.807, 2.05) is 16.4 Å². The average molecular weight is 331 g/mol. The molecule has 18 heavy (non-hydrogen) atoms. The summed E-state index contributed by atoms with van der Waals surface area (Å²) in [7, 11) is 0. The van der Waals surface area contributed by atoms with Crippen molar-refractivity contribution in [2.75, 3.05) is 5.75 Å². The molecule has 0 saturated carbocycles. The third kappa shape index (κ3) is 2.82. The highest BCUT2D eigenvalue weighted by molar-refractivity contribution is 9.10. The van der Waals surface area contributed by atoms with Crippen LogP contribution in [0.25, 0.3) is 0 Å². The fourth-order valence-electron chi connectivity index (χ4n) is 2.30. The molecule has 1 aromatic rings. The highest BCUT2D eigenvalue weighted by Gasteiger charge is 2.25. The van der Waals surface area contributed by atoms with Crippen molar-refractivity contribution in [2.24, 2.45) is 0 Å². The first-order valence-electron chi connectivity index (χ1n) is 6.55. The summed E-state index contributed by atoms with van der Waals surface area (Å²) in [5.41, 5.74) is 2.10. The van der Waals surface area contributed by atoms with E-state index in [2.05, 4.69) is 34.9 Å². The van der Waals surface area contributed by atoms with Crippen molar-refractivity contribution < 1.29 is 4.79 Å². The predicted octanol–water partition coefficient (Wildman–Crippen LogP) is 3.24. The van der Waals surface area contributed by atoms with Crippen molar-refractivity contribution in [1.82, 2.24) is 9.78 Å². The number of carbonyl (C=O) groups is 1. The van der Waals surface area contributed by atoms with Crippen LogP contribution in [-0.4, -0.2) is 26.6 Å². The molecule has 0 bridgehead atoms. The van der Waals surface area contributed by atoms with Gasteiger partial charge in [-0.1, -0.05) is 6.92 Å². The van der Waals surface area contributed by atoms with Gasteiger partial charge in [0.2, 0.25) is 0 Å². The minimum absolute atomic E-state index is 0.210. The first kappa shape index (κ1) is 14.1. The predicted molar refractivity (Wildman–Crippen MR) is 79.2 cm³/mol. The molecular formula is C13H19BrN2OS. The average Bonchev–Trinajstić information content (AvgIpc) is 2.99. The topological polar surface area (TPSA) is 34.9 Å². The molecule has 3 nitrogen and oxygen atoms in total. The summed E-state index contributed by atoms with van der Waals surface area (Å²) >= 11 is 5.40. The van der Waals surface area contributed by atoms with Crippen molar-refractivity contribution in [2.45, 2.75) is 51.3 Å². The number of Topliss-reactive ketones (excluding diaryl/α,β-unsaturated/α-hetero) is 1. The second kappa shape index (κ2) is 6.24. The molecule has 1 aliphatic rings. The van der Waals surface area contributed by atoms with Crippen LogP contribution < -0.4 is 0 Å².